The molecule has 7 nitrogen and oxygen atoms in total. The van der Waals surface area contributed by atoms with Gasteiger partial charge in [0.15, 0.2) is 0 Å². The number of carbonyl (C=O) groups is 1. The molecule has 140 valence electrons. The molecule has 1 amide bonds. The first kappa shape index (κ1) is 19.9. The van der Waals surface area contributed by atoms with Crippen molar-refractivity contribution in [3.8, 4) is 11.3 Å². The maximum Gasteiger partial charge on any atom is 0.259 e. The Morgan fingerprint density at radius 3 is 2.62 bits per heavy atom. The van der Waals surface area contributed by atoms with Crippen LogP contribution in [0.4, 0.5) is 0 Å². The van der Waals surface area contributed by atoms with Gasteiger partial charge in [0.2, 0.25) is 0 Å². The van der Waals surface area contributed by atoms with Crippen LogP contribution in [-0.2, 0) is 0 Å². The first-order chi connectivity index (χ1) is 12.0. The van der Waals surface area contributed by atoms with Crippen molar-refractivity contribution in [3.05, 3.63) is 34.9 Å². The number of fused-ring (bicyclic) bond motifs is 1. The van der Waals surface area contributed by atoms with Crippen LogP contribution in [0.1, 0.15) is 34.0 Å². The van der Waals surface area contributed by atoms with E-state index in [4.69, 9.17) is 8.94 Å². The van der Waals surface area contributed by atoms with Gasteiger partial charge in [0.05, 0.1) is 22.3 Å². The number of hydrogen-bond donors (Lipinski definition) is 2. The number of nitrogens with one attached hydrogen (secondary N) is 2. The van der Waals surface area contributed by atoms with Gasteiger partial charge >= 0.3 is 0 Å². The number of carbonyl (C=O) groups excluding carboxylic acids is 1. The number of aryl methyl sites for hydroxylation is 3. The minimum atomic E-state index is -0.158. The predicted octanol–water partition coefficient (Wildman–Crippen LogP) is 3.17. The van der Waals surface area contributed by atoms with Crippen LogP contribution in [-0.4, -0.2) is 36.2 Å². The molecule has 0 aliphatic heterocycles. The van der Waals surface area contributed by atoms with E-state index in [0.717, 1.165) is 30.0 Å². The Hall–Kier alpha value is -2.38. The van der Waals surface area contributed by atoms with Gasteiger partial charge in [-0.1, -0.05) is 5.16 Å². The second-order valence-electron chi connectivity index (χ2n) is 6.04. The maximum absolute atomic E-state index is 12.7. The van der Waals surface area contributed by atoms with E-state index in [-0.39, 0.29) is 18.3 Å². The SMILES string of the molecule is CNCCCNC(=O)c1cc(-c2cc(C)oc2C)nc2onc(C)c12.Cl. The summed E-state index contributed by atoms with van der Waals surface area (Å²) in [4.78, 5) is 17.2. The summed E-state index contributed by atoms with van der Waals surface area (Å²) >= 11 is 0. The largest absolute Gasteiger partial charge is 0.466 e. The van der Waals surface area contributed by atoms with Crippen LogP contribution in [0.3, 0.4) is 0 Å². The van der Waals surface area contributed by atoms with E-state index < -0.39 is 0 Å². The Morgan fingerprint density at radius 2 is 1.96 bits per heavy atom. The standard InChI is InChI=1S/C18H22N4O3.ClH/c1-10-8-13(12(3)24-10)15-9-14(17(23)20-7-5-6-19-4)16-11(2)22-25-18(16)21-15;/h8-9,19H,5-7H2,1-4H3,(H,20,23);1H. The van der Waals surface area contributed by atoms with E-state index in [1.165, 1.54) is 0 Å². The summed E-state index contributed by atoms with van der Waals surface area (Å²) < 4.78 is 10.9. The molecule has 0 aliphatic carbocycles. The van der Waals surface area contributed by atoms with Gasteiger partial charge in [0, 0.05) is 12.1 Å². The lowest BCUT2D eigenvalue weighted by Crippen LogP contribution is -2.27. The van der Waals surface area contributed by atoms with Crippen molar-refractivity contribution in [1.29, 1.82) is 0 Å². The normalized spacial score (nSPS) is 10.8. The highest BCUT2D eigenvalue weighted by molar-refractivity contribution is 6.07. The van der Waals surface area contributed by atoms with Gasteiger partial charge in [0.25, 0.3) is 11.6 Å². The molecule has 0 saturated heterocycles. The van der Waals surface area contributed by atoms with Crippen molar-refractivity contribution < 1.29 is 13.7 Å². The lowest BCUT2D eigenvalue weighted by molar-refractivity contribution is 0.0955. The summed E-state index contributed by atoms with van der Waals surface area (Å²) in [5, 5.41) is 10.6. The molecule has 3 aromatic rings. The van der Waals surface area contributed by atoms with Gasteiger partial charge in [-0.05, 0) is 52.9 Å². The predicted molar refractivity (Wildman–Crippen MR) is 102 cm³/mol. The zero-order valence-corrected chi connectivity index (χ0v) is 16.1. The molecule has 0 radical (unpaired) electrons. The summed E-state index contributed by atoms with van der Waals surface area (Å²) in [7, 11) is 1.89. The molecule has 2 N–H and O–H groups in total. The number of pyridine rings is 1. The van der Waals surface area contributed by atoms with Crippen molar-refractivity contribution in [2.24, 2.45) is 0 Å². The van der Waals surface area contributed by atoms with Gasteiger partial charge < -0.3 is 19.6 Å². The van der Waals surface area contributed by atoms with Gasteiger partial charge in [-0.2, -0.15) is 0 Å². The van der Waals surface area contributed by atoms with Crippen LogP contribution in [0.2, 0.25) is 0 Å². The van der Waals surface area contributed by atoms with E-state index in [1.54, 1.807) is 13.0 Å². The van der Waals surface area contributed by atoms with Gasteiger partial charge in [-0.25, -0.2) is 4.98 Å². The summed E-state index contributed by atoms with van der Waals surface area (Å²) in [6.07, 6.45) is 0.853. The smallest absolute Gasteiger partial charge is 0.259 e. The molecule has 8 heteroatoms. The molecule has 0 bridgehead atoms. The number of nitrogens with zero attached hydrogens (tertiary/aromatic N) is 2. The molecule has 3 aromatic heterocycles. The average molecular weight is 379 g/mol. The van der Waals surface area contributed by atoms with Crippen LogP contribution in [0, 0.1) is 20.8 Å². The molecule has 0 saturated carbocycles. The maximum atomic E-state index is 12.7. The van der Waals surface area contributed by atoms with E-state index in [2.05, 4.69) is 20.8 Å². The molecular weight excluding hydrogens is 356 g/mol. The van der Waals surface area contributed by atoms with E-state index >= 15 is 0 Å². The Balaban J connectivity index is 0.00000243. The monoisotopic (exact) mass is 378 g/mol. The molecule has 3 rings (SSSR count). The summed E-state index contributed by atoms with van der Waals surface area (Å²) in [5.41, 5.74) is 3.00. The van der Waals surface area contributed by atoms with E-state index in [0.29, 0.717) is 34.6 Å². The summed E-state index contributed by atoms with van der Waals surface area (Å²) in [6, 6.07) is 3.68. The number of furan rings is 1. The molecule has 26 heavy (non-hydrogen) atoms. The molecule has 0 aromatic carbocycles. The molecule has 0 spiro atoms. The van der Waals surface area contributed by atoms with Crippen LogP contribution in [0.25, 0.3) is 22.4 Å². The molecular formula is C18H23ClN4O3. The van der Waals surface area contributed by atoms with Crippen molar-refractivity contribution in [2.75, 3.05) is 20.1 Å². The van der Waals surface area contributed by atoms with E-state index in [1.807, 2.05) is 27.0 Å². The van der Waals surface area contributed by atoms with Crippen LogP contribution in [0.15, 0.2) is 21.1 Å². The van der Waals surface area contributed by atoms with Crippen LogP contribution >= 0.6 is 12.4 Å². The Morgan fingerprint density at radius 1 is 1.19 bits per heavy atom. The van der Waals surface area contributed by atoms with Crippen molar-refractivity contribution >= 4 is 29.4 Å². The fourth-order valence-electron chi connectivity index (χ4n) is 2.86. The third-order valence-corrected chi connectivity index (χ3v) is 4.07. The van der Waals surface area contributed by atoms with E-state index in [9.17, 15) is 4.79 Å². The van der Waals surface area contributed by atoms with Crippen molar-refractivity contribution in [3.63, 3.8) is 0 Å². The van der Waals surface area contributed by atoms with Gasteiger partial charge in [-0.3, -0.25) is 4.79 Å². The van der Waals surface area contributed by atoms with Gasteiger partial charge in [-0.15, -0.1) is 12.4 Å². The number of rotatable bonds is 6. The van der Waals surface area contributed by atoms with Crippen molar-refractivity contribution in [2.45, 2.75) is 27.2 Å². The highest BCUT2D eigenvalue weighted by Gasteiger charge is 2.20. The first-order valence-electron chi connectivity index (χ1n) is 8.28. The van der Waals surface area contributed by atoms with Gasteiger partial charge in [0.1, 0.15) is 11.5 Å². The third-order valence-electron chi connectivity index (χ3n) is 4.07. The number of aromatic nitrogens is 2. The zero-order valence-electron chi connectivity index (χ0n) is 15.3. The molecule has 0 atom stereocenters. The first-order valence-corrected chi connectivity index (χ1v) is 8.28. The average Bonchev–Trinajstić information content (AvgIpc) is 3.12. The second kappa shape index (κ2) is 8.33. The number of halogens is 1. The Labute approximate surface area is 157 Å². The van der Waals surface area contributed by atoms with Crippen LogP contribution < -0.4 is 10.6 Å². The number of amides is 1. The minimum absolute atomic E-state index is 0. The second-order valence-corrected chi connectivity index (χ2v) is 6.04. The van der Waals surface area contributed by atoms with Crippen LogP contribution in [0.5, 0.6) is 0 Å². The third kappa shape index (κ3) is 3.89. The quantitative estimate of drug-likeness (QED) is 0.640. The topological polar surface area (TPSA) is 93.2 Å². The molecule has 0 unspecified atom stereocenters. The number of hydrogen-bond acceptors (Lipinski definition) is 6. The van der Waals surface area contributed by atoms with Crippen molar-refractivity contribution in [1.82, 2.24) is 20.8 Å². The lowest BCUT2D eigenvalue weighted by Gasteiger charge is -2.08. The molecule has 3 heterocycles. The zero-order chi connectivity index (χ0) is 18.0. The highest BCUT2D eigenvalue weighted by Crippen LogP contribution is 2.30. The minimum Gasteiger partial charge on any atom is -0.466 e. The molecule has 0 fully saturated rings. The Bertz CT molecular complexity index is 917. The summed E-state index contributed by atoms with van der Waals surface area (Å²) in [5.74, 6) is 1.39. The fraction of sp³-hybridized carbons (Fsp3) is 0.389. The highest BCUT2D eigenvalue weighted by atomic mass is 35.5. The Kier molecular flexibility index (Phi) is 6.39. The summed E-state index contributed by atoms with van der Waals surface area (Å²) in [6.45, 7) is 6.99. The fourth-order valence-corrected chi connectivity index (χ4v) is 2.86. The molecule has 0 aliphatic rings. The lowest BCUT2D eigenvalue weighted by atomic mass is 10.1.